The van der Waals surface area contributed by atoms with Crippen LogP contribution in [-0.4, -0.2) is 18.4 Å². The predicted molar refractivity (Wildman–Crippen MR) is 124 cm³/mol. The zero-order valence-electron chi connectivity index (χ0n) is 17.1. The standard InChI is InChI=1S/C26H22N2O3/c1-18-23(26(30)27-21-10-3-2-4-11-21)12-7-13-24(18)28-25(29)17-31-22-15-14-19-8-5-6-9-20(19)16-22/h2-16H,17H2,1H3,(H,27,30)(H,28,29). The molecule has 0 unspecified atom stereocenters. The molecule has 2 N–H and O–H groups in total. The van der Waals surface area contributed by atoms with Gasteiger partial charge in [0, 0.05) is 16.9 Å². The van der Waals surface area contributed by atoms with Gasteiger partial charge in [-0.3, -0.25) is 9.59 Å². The summed E-state index contributed by atoms with van der Waals surface area (Å²) in [6, 6.07) is 28.2. The molecule has 0 aliphatic heterocycles. The van der Waals surface area contributed by atoms with E-state index in [0.717, 1.165) is 10.8 Å². The van der Waals surface area contributed by atoms with Crippen LogP contribution in [0.2, 0.25) is 0 Å². The number of para-hydroxylation sites is 1. The first-order valence-corrected chi connectivity index (χ1v) is 9.97. The first-order valence-electron chi connectivity index (χ1n) is 9.97. The van der Waals surface area contributed by atoms with Crippen molar-refractivity contribution in [3.8, 4) is 5.75 Å². The minimum absolute atomic E-state index is 0.127. The van der Waals surface area contributed by atoms with E-state index in [4.69, 9.17) is 4.74 Å². The molecule has 0 bridgehead atoms. The van der Waals surface area contributed by atoms with Crippen LogP contribution in [0.1, 0.15) is 15.9 Å². The molecule has 0 fully saturated rings. The van der Waals surface area contributed by atoms with Gasteiger partial charge >= 0.3 is 0 Å². The van der Waals surface area contributed by atoms with E-state index >= 15 is 0 Å². The number of hydrogen-bond acceptors (Lipinski definition) is 3. The molecule has 4 rings (SSSR count). The summed E-state index contributed by atoms with van der Waals surface area (Å²) in [5, 5.41) is 7.86. The summed E-state index contributed by atoms with van der Waals surface area (Å²) in [5.41, 5.74) is 2.48. The average Bonchev–Trinajstić information content (AvgIpc) is 2.79. The number of carbonyl (C=O) groups is 2. The molecular weight excluding hydrogens is 388 g/mol. The maximum atomic E-state index is 12.6. The first-order chi connectivity index (χ1) is 15.1. The van der Waals surface area contributed by atoms with Gasteiger partial charge < -0.3 is 15.4 Å². The maximum Gasteiger partial charge on any atom is 0.262 e. The molecule has 0 heterocycles. The lowest BCUT2D eigenvalue weighted by molar-refractivity contribution is -0.118. The molecule has 5 nitrogen and oxygen atoms in total. The average molecular weight is 410 g/mol. The maximum absolute atomic E-state index is 12.6. The van der Waals surface area contributed by atoms with Gasteiger partial charge in [0.2, 0.25) is 0 Å². The van der Waals surface area contributed by atoms with Crippen LogP contribution in [0.25, 0.3) is 10.8 Å². The van der Waals surface area contributed by atoms with E-state index in [1.54, 1.807) is 25.1 Å². The lowest BCUT2D eigenvalue weighted by Crippen LogP contribution is -2.21. The monoisotopic (exact) mass is 410 g/mol. The second kappa shape index (κ2) is 9.13. The minimum atomic E-state index is -0.295. The third-order valence-corrected chi connectivity index (χ3v) is 4.98. The largest absolute Gasteiger partial charge is 0.484 e. The van der Waals surface area contributed by atoms with Gasteiger partial charge in [0.15, 0.2) is 6.61 Å². The van der Waals surface area contributed by atoms with Gasteiger partial charge in [0.25, 0.3) is 11.8 Å². The molecule has 0 spiro atoms. The van der Waals surface area contributed by atoms with Crippen LogP contribution in [0.5, 0.6) is 5.75 Å². The number of fused-ring (bicyclic) bond motifs is 1. The second-order valence-electron chi connectivity index (χ2n) is 7.14. The van der Waals surface area contributed by atoms with Crippen molar-refractivity contribution in [1.82, 2.24) is 0 Å². The lowest BCUT2D eigenvalue weighted by atomic mass is 10.1. The molecule has 2 amide bonds. The summed E-state index contributed by atoms with van der Waals surface area (Å²) in [7, 11) is 0. The third-order valence-electron chi connectivity index (χ3n) is 4.98. The van der Waals surface area contributed by atoms with E-state index in [0.29, 0.717) is 28.3 Å². The summed E-state index contributed by atoms with van der Waals surface area (Å²) < 4.78 is 5.65. The zero-order valence-corrected chi connectivity index (χ0v) is 17.1. The van der Waals surface area contributed by atoms with Crippen LogP contribution in [0, 0.1) is 6.92 Å². The van der Waals surface area contributed by atoms with Crippen molar-refractivity contribution in [2.24, 2.45) is 0 Å². The van der Waals surface area contributed by atoms with E-state index in [1.807, 2.05) is 72.8 Å². The van der Waals surface area contributed by atoms with Crippen molar-refractivity contribution in [3.63, 3.8) is 0 Å². The fourth-order valence-electron chi connectivity index (χ4n) is 3.33. The smallest absolute Gasteiger partial charge is 0.262 e. The molecule has 4 aromatic rings. The second-order valence-corrected chi connectivity index (χ2v) is 7.14. The highest BCUT2D eigenvalue weighted by Gasteiger charge is 2.14. The topological polar surface area (TPSA) is 67.4 Å². The fraction of sp³-hybridized carbons (Fsp3) is 0.0769. The molecule has 0 saturated heterocycles. The van der Waals surface area contributed by atoms with E-state index in [2.05, 4.69) is 10.6 Å². The van der Waals surface area contributed by atoms with Crippen LogP contribution in [0.15, 0.2) is 91.0 Å². The van der Waals surface area contributed by atoms with Crippen molar-refractivity contribution in [2.45, 2.75) is 6.92 Å². The molecule has 31 heavy (non-hydrogen) atoms. The summed E-state index contributed by atoms with van der Waals surface area (Å²) in [5.74, 6) is 0.102. The Kier molecular flexibility index (Phi) is 5.94. The molecule has 4 aromatic carbocycles. The Bertz CT molecular complexity index is 1240. The Morgan fingerprint density at radius 3 is 2.32 bits per heavy atom. The number of anilines is 2. The summed E-state index contributed by atoms with van der Waals surface area (Å²) in [4.78, 5) is 25.1. The molecule has 0 saturated carbocycles. The van der Waals surface area contributed by atoms with Gasteiger partial charge in [-0.15, -0.1) is 0 Å². The third kappa shape index (κ3) is 4.90. The molecule has 154 valence electrons. The number of nitrogens with one attached hydrogen (secondary N) is 2. The van der Waals surface area contributed by atoms with Gasteiger partial charge in [-0.25, -0.2) is 0 Å². The van der Waals surface area contributed by atoms with Gasteiger partial charge in [-0.05, 0) is 59.7 Å². The highest BCUT2D eigenvalue weighted by atomic mass is 16.5. The Labute approximate surface area is 180 Å². The van der Waals surface area contributed by atoms with E-state index < -0.39 is 0 Å². The highest BCUT2D eigenvalue weighted by molar-refractivity contribution is 6.06. The molecule has 0 radical (unpaired) electrons. The normalized spacial score (nSPS) is 10.5. The number of ether oxygens (including phenoxy) is 1. The highest BCUT2D eigenvalue weighted by Crippen LogP contribution is 2.22. The Balaban J connectivity index is 1.40. The first kappa shape index (κ1) is 20.2. The number of rotatable bonds is 6. The SMILES string of the molecule is Cc1c(NC(=O)COc2ccc3ccccc3c2)cccc1C(=O)Nc1ccccc1. The molecule has 0 aliphatic carbocycles. The van der Waals surface area contributed by atoms with Crippen molar-refractivity contribution < 1.29 is 14.3 Å². The van der Waals surface area contributed by atoms with Crippen LogP contribution >= 0.6 is 0 Å². The predicted octanol–water partition coefficient (Wildman–Crippen LogP) is 5.42. The van der Waals surface area contributed by atoms with E-state index in [-0.39, 0.29) is 18.4 Å². The van der Waals surface area contributed by atoms with E-state index in [1.165, 1.54) is 0 Å². The van der Waals surface area contributed by atoms with Crippen LogP contribution in [-0.2, 0) is 4.79 Å². The quantitative estimate of drug-likeness (QED) is 0.446. The van der Waals surface area contributed by atoms with Crippen LogP contribution < -0.4 is 15.4 Å². The van der Waals surface area contributed by atoms with Gasteiger partial charge in [0.1, 0.15) is 5.75 Å². The van der Waals surface area contributed by atoms with Crippen molar-refractivity contribution >= 4 is 34.0 Å². The molecule has 0 aromatic heterocycles. The van der Waals surface area contributed by atoms with Crippen LogP contribution in [0.4, 0.5) is 11.4 Å². The number of amides is 2. The van der Waals surface area contributed by atoms with Crippen molar-refractivity contribution in [2.75, 3.05) is 17.2 Å². The minimum Gasteiger partial charge on any atom is -0.484 e. The number of hydrogen-bond donors (Lipinski definition) is 2. The lowest BCUT2D eigenvalue weighted by Gasteiger charge is -2.13. The number of carbonyl (C=O) groups excluding carboxylic acids is 2. The fourth-order valence-corrected chi connectivity index (χ4v) is 3.33. The molecular formula is C26H22N2O3. The molecule has 0 aliphatic rings. The van der Waals surface area contributed by atoms with Gasteiger partial charge in [0.05, 0.1) is 0 Å². The number of benzene rings is 4. The Morgan fingerprint density at radius 1 is 0.774 bits per heavy atom. The van der Waals surface area contributed by atoms with Gasteiger partial charge in [-0.1, -0.05) is 54.6 Å². The zero-order chi connectivity index (χ0) is 21.6. The summed E-state index contributed by atoms with van der Waals surface area (Å²) >= 11 is 0. The van der Waals surface area contributed by atoms with Crippen LogP contribution in [0.3, 0.4) is 0 Å². The van der Waals surface area contributed by atoms with E-state index in [9.17, 15) is 9.59 Å². The molecule has 0 atom stereocenters. The molecule has 5 heteroatoms. The summed E-state index contributed by atoms with van der Waals surface area (Å²) in [6.45, 7) is 1.68. The van der Waals surface area contributed by atoms with Crippen molar-refractivity contribution in [1.29, 1.82) is 0 Å². The Morgan fingerprint density at radius 2 is 1.52 bits per heavy atom. The van der Waals surface area contributed by atoms with Crippen molar-refractivity contribution in [3.05, 3.63) is 102 Å². The summed E-state index contributed by atoms with van der Waals surface area (Å²) in [6.07, 6.45) is 0. The Hall–Kier alpha value is -4.12. The van der Waals surface area contributed by atoms with Gasteiger partial charge in [-0.2, -0.15) is 0 Å².